The first-order chi connectivity index (χ1) is 11.5. The Labute approximate surface area is 137 Å². The van der Waals surface area contributed by atoms with Crippen LogP contribution in [0.25, 0.3) is 11.4 Å². The molecule has 0 unspecified atom stereocenters. The highest BCUT2D eigenvalue weighted by Gasteiger charge is 2.34. The van der Waals surface area contributed by atoms with Crippen LogP contribution in [0.3, 0.4) is 0 Å². The van der Waals surface area contributed by atoms with Crippen LogP contribution in [-0.4, -0.2) is 31.7 Å². The maximum atomic E-state index is 12.4. The van der Waals surface area contributed by atoms with Crippen molar-refractivity contribution in [1.29, 1.82) is 0 Å². The number of hydrogen-bond donors (Lipinski definition) is 2. The normalized spacial score (nSPS) is 13.1. The number of aromatic nitrogens is 3. The zero-order valence-electron chi connectivity index (χ0n) is 13.2. The van der Waals surface area contributed by atoms with Crippen LogP contribution in [0.4, 0.5) is 0 Å². The second-order valence-corrected chi connectivity index (χ2v) is 5.81. The Hall–Kier alpha value is -3.28. The Balaban J connectivity index is 1.87. The molecule has 6 heteroatoms. The molecule has 0 saturated carbocycles. The molecule has 0 fully saturated rings. The van der Waals surface area contributed by atoms with Gasteiger partial charge in [0.2, 0.25) is 0 Å². The zero-order valence-corrected chi connectivity index (χ0v) is 13.2. The lowest BCUT2D eigenvalue weighted by atomic mass is 10.0. The van der Waals surface area contributed by atoms with Gasteiger partial charge in [0.25, 0.3) is 5.91 Å². The number of aromatic hydroxyl groups is 1. The van der Waals surface area contributed by atoms with Gasteiger partial charge in [0, 0.05) is 12.4 Å². The number of H-pyrrole nitrogens is 1. The monoisotopic (exact) mass is 318 g/mol. The molecule has 4 heterocycles. The summed E-state index contributed by atoms with van der Waals surface area (Å²) in [6, 6.07) is 7.37. The zero-order chi connectivity index (χ0) is 16.8. The number of aromatic amines is 1. The van der Waals surface area contributed by atoms with Crippen LogP contribution < -0.4 is 0 Å². The first-order valence-electron chi connectivity index (χ1n) is 7.49. The van der Waals surface area contributed by atoms with Crippen LogP contribution in [-0.2, 0) is 0 Å². The average Bonchev–Trinajstić information content (AvgIpc) is 3.08. The fourth-order valence-corrected chi connectivity index (χ4v) is 2.75. The van der Waals surface area contributed by atoms with Crippen molar-refractivity contribution in [3.63, 3.8) is 0 Å². The van der Waals surface area contributed by atoms with Crippen molar-refractivity contribution in [2.75, 3.05) is 0 Å². The summed E-state index contributed by atoms with van der Waals surface area (Å²) in [5, 5.41) is 10.3. The fourth-order valence-electron chi connectivity index (χ4n) is 2.75. The van der Waals surface area contributed by atoms with Gasteiger partial charge in [-0.25, -0.2) is 4.99 Å². The van der Waals surface area contributed by atoms with E-state index in [1.54, 1.807) is 24.5 Å². The molecule has 0 saturated heterocycles. The molecule has 118 valence electrons. The molecule has 0 aliphatic carbocycles. The van der Waals surface area contributed by atoms with Crippen molar-refractivity contribution in [3.8, 4) is 17.3 Å². The number of carbonyl (C=O) groups is 1. The molecule has 0 radical (unpaired) electrons. The number of pyridine rings is 2. The van der Waals surface area contributed by atoms with E-state index in [-0.39, 0.29) is 5.88 Å². The van der Waals surface area contributed by atoms with Crippen LogP contribution in [0.2, 0.25) is 0 Å². The number of fused-ring (bicyclic) bond motifs is 1. The lowest BCUT2D eigenvalue weighted by Crippen LogP contribution is -2.02. The molecule has 0 bridgehead atoms. The van der Waals surface area contributed by atoms with Gasteiger partial charge in [-0.3, -0.25) is 14.8 Å². The number of rotatable bonds is 2. The lowest BCUT2D eigenvalue weighted by Gasteiger charge is -2.00. The van der Waals surface area contributed by atoms with Crippen molar-refractivity contribution in [3.05, 3.63) is 64.6 Å². The van der Waals surface area contributed by atoms with Gasteiger partial charge < -0.3 is 10.1 Å². The second kappa shape index (κ2) is 5.13. The molecular formula is C18H14N4O2. The molecule has 3 aromatic heterocycles. The van der Waals surface area contributed by atoms with E-state index in [9.17, 15) is 9.90 Å². The molecule has 4 rings (SSSR count). The molecule has 2 N–H and O–H groups in total. The molecule has 0 atom stereocenters. The van der Waals surface area contributed by atoms with E-state index in [2.05, 4.69) is 19.9 Å². The van der Waals surface area contributed by atoms with E-state index in [0.717, 1.165) is 11.1 Å². The Kier molecular flexibility index (Phi) is 3.06. The molecule has 0 spiro atoms. The number of amides is 1. The Morgan fingerprint density at radius 3 is 2.12 bits per heavy atom. The van der Waals surface area contributed by atoms with Crippen LogP contribution in [0.1, 0.15) is 32.7 Å². The highest BCUT2D eigenvalue weighted by Crippen LogP contribution is 2.36. The standard InChI is InChI=1S/C18H14N4O2/c1-9-3-5-11(19-7-9)15-13-14(18(24)21-15)16(22-17(13)23)12-6-4-10(2)8-20-12/h3-8,21,24H,1-2H3. The predicted molar refractivity (Wildman–Crippen MR) is 89.4 cm³/mol. The summed E-state index contributed by atoms with van der Waals surface area (Å²) < 4.78 is 0. The first kappa shape index (κ1) is 14.3. The van der Waals surface area contributed by atoms with E-state index in [0.29, 0.717) is 33.9 Å². The molecular weight excluding hydrogens is 304 g/mol. The van der Waals surface area contributed by atoms with Crippen LogP contribution in [0.5, 0.6) is 5.88 Å². The third kappa shape index (κ3) is 2.11. The van der Waals surface area contributed by atoms with E-state index >= 15 is 0 Å². The lowest BCUT2D eigenvalue weighted by molar-refractivity contribution is 0.101. The number of nitrogens with one attached hydrogen (secondary N) is 1. The topological polar surface area (TPSA) is 91.2 Å². The number of hydrogen-bond acceptors (Lipinski definition) is 4. The van der Waals surface area contributed by atoms with Crippen molar-refractivity contribution in [1.82, 2.24) is 15.0 Å². The van der Waals surface area contributed by atoms with Crippen molar-refractivity contribution < 1.29 is 9.90 Å². The fraction of sp³-hybridized carbons (Fsp3) is 0.111. The van der Waals surface area contributed by atoms with Crippen molar-refractivity contribution in [2.24, 2.45) is 4.99 Å². The molecule has 1 aliphatic heterocycles. The third-order valence-electron chi connectivity index (χ3n) is 3.97. The summed E-state index contributed by atoms with van der Waals surface area (Å²) in [6.45, 7) is 3.86. The van der Waals surface area contributed by atoms with Gasteiger partial charge in [0.1, 0.15) is 5.71 Å². The van der Waals surface area contributed by atoms with Gasteiger partial charge in [-0.15, -0.1) is 0 Å². The van der Waals surface area contributed by atoms with Crippen LogP contribution in [0.15, 0.2) is 41.7 Å². The molecule has 24 heavy (non-hydrogen) atoms. The summed E-state index contributed by atoms with van der Waals surface area (Å²) in [5.74, 6) is -0.509. The van der Waals surface area contributed by atoms with Crippen molar-refractivity contribution >= 4 is 11.6 Å². The molecule has 3 aromatic rings. The van der Waals surface area contributed by atoms with Crippen LogP contribution >= 0.6 is 0 Å². The van der Waals surface area contributed by atoms with Gasteiger partial charge in [-0.1, -0.05) is 12.1 Å². The second-order valence-electron chi connectivity index (χ2n) is 5.81. The maximum absolute atomic E-state index is 12.4. The maximum Gasteiger partial charge on any atom is 0.280 e. The number of aliphatic imine (C=N–C) groups is 1. The number of nitrogens with zero attached hydrogens (tertiary/aromatic N) is 3. The van der Waals surface area contributed by atoms with Gasteiger partial charge in [0.05, 0.1) is 28.2 Å². The summed E-state index contributed by atoms with van der Waals surface area (Å²) in [7, 11) is 0. The molecule has 1 aliphatic rings. The Bertz CT molecular complexity index is 983. The Morgan fingerprint density at radius 2 is 1.54 bits per heavy atom. The summed E-state index contributed by atoms with van der Waals surface area (Å²) in [4.78, 5) is 28.0. The number of carbonyl (C=O) groups excluding carboxylic acids is 1. The minimum absolute atomic E-state index is 0.102. The molecule has 6 nitrogen and oxygen atoms in total. The molecule has 1 amide bonds. The average molecular weight is 318 g/mol. The molecule has 0 aromatic carbocycles. The van der Waals surface area contributed by atoms with Crippen molar-refractivity contribution in [2.45, 2.75) is 13.8 Å². The first-order valence-corrected chi connectivity index (χ1v) is 7.49. The number of aryl methyl sites for hydroxylation is 2. The summed E-state index contributed by atoms with van der Waals surface area (Å²) >= 11 is 0. The largest absolute Gasteiger partial charge is 0.494 e. The van der Waals surface area contributed by atoms with E-state index in [1.807, 2.05) is 26.0 Å². The highest BCUT2D eigenvalue weighted by molar-refractivity contribution is 6.29. The quantitative estimate of drug-likeness (QED) is 0.760. The van der Waals surface area contributed by atoms with Gasteiger partial charge in [-0.2, -0.15) is 0 Å². The van der Waals surface area contributed by atoms with Gasteiger partial charge in [-0.05, 0) is 37.1 Å². The predicted octanol–water partition coefficient (Wildman–Crippen LogP) is 2.79. The van der Waals surface area contributed by atoms with E-state index in [1.165, 1.54) is 0 Å². The minimum atomic E-state index is -0.406. The summed E-state index contributed by atoms with van der Waals surface area (Å²) in [5.41, 5.74) is 4.71. The van der Waals surface area contributed by atoms with Crippen LogP contribution in [0, 0.1) is 13.8 Å². The van der Waals surface area contributed by atoms with E-state index < -0.39 is 5.91 Å². The summed E-state index contributed by atoms with van der Waals surface area (Å²) in [6.07, 6.45) is 3.41. The minimum Gasteiger partial charge on any atom is -0.494 e. The third-order valence-corrected chi connectivity index (χ3v) is 3.97. The highest BCUT2D eigenvalue weighted by atomic mass is 16.3. The van der Waals surface area contributed by atoms with E-state index in [4.69, 9.17) is 0 Å². The smallest absolute Gasteiger partial charge is 0.280 e. The SMILES string of the molecule is Cc1ccc(C2=NC(=O)c3c(-c4ccc(C)cn4)[nH]c(O)c32)nc1. The Morgan fingerprint density at radius 1 is 0.917 bits per heavy atom. The van der Waals surface area contributed by atoms with Gasteiger partial charge >= 0.3 is 0 Å². The van der Waals surface area contributed by atoms with Gasteiger partial charge in [0.15, 0.2) is 5.88 Å².